The first-order valence-corrected chi connectivity index (χ1v) is 8.51. The van der Waals surface area contributed by atoms with Crippen molar-refractivity contribution in [2.24, 2.45) is 0 Å². The summed E-state index contributed by atoms with van der Waals surface area (Å²) in [5.41, 5.74) is 9.75. The van der Waals surface area contributed by atoms with Crippen molar-refractivity contribution < 1.29 is 9.47 Å². The molecule has 0 atom stereocenters. The van der Waals surface area contributed by atoms with Crippen LogP contribution in [0.1, 0.15) is 5.56 Å². The van der Waals surface area contributed by atoms with Gasteiger partial charge in [0, 0.05) is 12.1 Å². The van der Waals surface area contributed by atoms with Crippen LogP contribution in [0.5, 0.6) is 11.5 Å². The van der Waals surface area contributed by atoms with Gasteiger partial charge in [0.15, 0.2) is 11.5 Å². The van der Waals surface area contributed by atoms with E-state index in [0.29, 0.717) is 11.7 Å². The molecule has 3 heterocycles. The van der Waals surface area contributed by atoms with Gasteiger partial charge < -0.3 is 19.8 Å². The Bertz CT molecular complexity index is 1090. The lowest BCUT2D eigenvalue weighted by atomic mass is 10.2. The molecule has 5 rings (SSSR count). The molecule has 2 aromatic heterocycles. The number of nitrogen functional groups attached to an aromatic ring is 1. The lowest BCUT2D eigenvalue weighted by Gasteiger charge is -2.06. The maximum Gasteiger partial charge on any atom is 0.231 e. The fraction of sp³-hybridized carbons (Fsp3) is 0.118. The van der Waals surface area contributed by atoms with E-state index in [4.69, 9.17) is 15.2 Å². The predicted molar refractivity (Wildman–Crippen MR) is 94.7 cm³/mol. The first-order chi connectivity index (χ1) is 12.3. The van der Waals surface area contributed by atoms with Gasteiger partial charge >= 0.3 is 0 Å². The van der Waals surface area contributed by atoms with E-state index in [1.54, 1.807) is 0 Å². The molecule has 1 aliphatic rings. The molecule has 2 N–H and O–H groups in total. The minimum atomic E-state index is 0.279. The summed E-state index contributed by atoms with van der Waals surface area (Å²) < 4.78 is 12.9. The Kier molecular flexibility index (Phi) is 3.10. The van der Waals surface area contributed by atoms with Gasteiger partial charge in [-0.15, -0.1) is 10.2 Å². The van der Waals surface area contributed by atoms with Gasteiger partial charge in [-0.3, -0.25) is 0 Å². The highest BCUT2D eigenvalue weighted by molar-refractivity contribution is 7.18. The molecule has 2 aromatic carbocycles. The van der Waals surface area contributed by atoms with Gasteiger partial charge in [-0.05, 0) is 35.9 Å². The van der Waals surface area contributed by atoms with Crippen LogP contribution in [0.25, 0.3) is 21.6 Å². The number of benzene rings is 2. The number of nitrogens with two attached hydrogens (primary N) is 1. The number of anilines is 1. The predicted octanol–water partition coefficient (Wildman–Crippen LogP) is 2.91. The van der Waals surface area contributed by atoms with E-state index >= 15 is 0 Å². The first-order valence-electron chi connectivity index (χ1n) is 7.69. The number of aromatic nitrogens is 4. The van der Waals surface area contributed by atoms with Crippen molar-refractivity contribution in [1.82, 2.24) is 19.7 Å². The van der Waals surface area contributed by atoms with Crippen molar-refractivity contribution in [3.05, 3.63) is 48.3 Å². The molecule has 0 bridgehead atoms. The summed E-state index contributed by atoms with van der Waals surface area (Å²) in [4.78, 5) is 4.48. The zero-order chi connectivity index (χ0) is 16.8. The Balaban J connectivity index is 1.52. The minimum Gasteiger partial charge on any atom is -0.454 e. The molecular weight excluding hydrogens is 338 g/mol. The molecule has 0 radical (unpaired) electrons. The Morgan fingerprint density at radius 1 is 1.08 bits per heavy atom. The second-order valence-corrected chi connectivity index (χ2v) is 6.72. The van der Waals surface area contributed by atoms with Crippen molar-refractivity contribution in [2.75, 3.05) is 12.5 Å². The van der Waals surface area contributed by atoms with E-state index in [2.05, 4.69) is 25.8 Å². The van der Waals surface area contributed by atoms with Crippen LogP contribution in [-0.2, 0) is 6.54 Å². The van der Waals surface area contributed by atoms with Gasteiger partial charge in [-0.1, -0.05) is 17.4 Å². The molecule has 0 spiro atoms. The van der Waals surface area contributed by atoms with Gasteiger partial charge in [-0.25, -0.2) is 4.98 Å². The summed E-state index contributed by atoms with van der Waals surface area (Å²) in [6, 6.07) is 12.0. The van der Waals surface area contributed by atoms with Crippen molar-refractivity contribution in [2.45, 2.75) is 6.54 Å². The van der Waals surface area contributed by atoms with Crippen LogP contribution in [-0.4, -0.2) is 26.5 Å². The zero-order valence-corrected chi connectivity index (χ0v) is 13.9. The van der Waals surface area contributed by atoms with Gasteiger partial charge in [0.2, 0.25) is 11.9 Å². The summed E-state index contributed by atoms with van der Waals surface area (Å²) in [6.45, 7) is 0.968. The quantitative estimate of drug-likeness (QED) is 0.610. The molecule has 25 heavy (non-hydrogen) atoms. The average Bonchev–Trinajstić information content (AvgIpc) is 3.34. The number of rotatable bonds is 3. The van der Waals surface area contributed by atoms with Crippen LogP contribution in [0.4, 0.5) is 5.13 Å². The summed E-state index contributed by atoms with van der Waals surface area (Å²) in [5, 5.41) is 9.26. The fourth-order valence-corrected chi connectivity index (χ4v) is 3.51. The van der Waals surface area contributed by atoms with Crippen LogP contribution in [0.3, 0.4) is 0 Å². The lowest BCUT2D eigenvalue weighted by molar-refractivity contribution is 0.174. The molecular formula is C17H13N5O2S. The summed E-state index contributed by atoms with van der Waals surface area (Å²) in [6.07, 6.45) is 1.84. The van der Waals surface area contributed by atoms with Crippen LogP contribution < -0.4 is 15.2 Å². The molecule has 124 valence electrons. The van der Waals surface area contributed by atoms with Gasteiger partial charge in [0.05, 0.1) is 17.4 Å². The lowest BCUT2D eigenvalue weighted by Crippen LogP contribution is -1.98. The minimum absolute atomic E-state index is 0.279. The van der Waals surface area contributed by atoms with E-state index in [9.17, 15) is 0 Å². The van der Waals surface area contributed by atoms with E-state index in [-0.39, 0.29) is 6.79 Å². The molecule has 0 fully saturated rings. The largest absolute Gasteiger partial charge is 0.454 e. The number of fused-ring (bicyclic) bond motifs is 2. The van der Waals surface area contributed by atoms with Crippen molar-refractivity contribution >= 4 is 27.5 Å². The third-order valence-electron chi connectivity index (χ3n) is 4.10. The highest BCUT2D eigenvalue weighted by atomic mass is 32.1. The Hall–Kier alpha value is -3.13. The van der Waals surface area contributed by atoms with Crippen molar-refractivity contribution in [1.29, 1.82) is 0 Å². The van der Waals surface area contributed by atoms with E-state index in [1.807, 2.05) is 36.7 Å². The van der Waals surface area contributed by atoms with E-state index < -0.39 is 0 Å². The third kappa shape index (κ3) is 2.47. The normalized spacial score (nSPS) is 12.8. The second-order valence-electron chi connectivity index (χ2n) is 5.71. The maximum absolute atomic E-state index is 5.69. The standard InChI is InChI=1S/C17H13N5O2S/c18-17-21-20-16(25-17)11-2-3-12-13(6-11)22(8-19-12)7-10-1-4-14-15(5-10)24-9-23-14/h1-6,8H,7,9H2,(H2,18,21). The molecule has 0 saturated heterocycles. The third-order valence-corrected chi connectivity index (χ3v) is 4.90. The Labute approximate surface area is 146 Å². The topological polar surface area (TPSA) is 88.1 Å². The molecule has 8 heteroatoms. The van der Waals surface area contributed by atoms with Gasteiger partial charge in [-0.2, -0.15) is 0 Å². The van der Waals surface area contributed by atoms with Crippen LogP contribution >= 0.6 is 11.3 Å². The van der Waals surface area contributed by atoms with Gasteiger partial charge in [0.1, 0.15) is 5.01 Å². The van der Waals surface area contributed by atoms with E-state index in [1.165, 1.54) is 11.3 Å². The molecule has 4 aromatic rings. The summed E-state index contributed by atoms with van der Waals surface area (Å²) in [5.74, 6) is 1.57. The number of imidazole rings is 1. The smallest absolute Gasteiger partial charge is 0.231 e. The number of hydrogen-bond donors (Lipinski definition) is 1. The maximum atomic E-state index is 5.69. The van der Waals surface area contributed by atoms with Crippen LogP contribution in [0, 0.1) is 0 Å². The van der Waals surface area contributed by atoms with Crippen molar-refractivity contribution in [3.63, 3.8) is 0 Å². The fourth-order valence-electron chi connectivity index (χ4n) is 2.90. The highest BCUT2D eigenvalue weighted by Crippen LogP contribution is 2.33. The number of hydrogen-bond acceptors (Lipinski definition) is 7. The molecule has 0 amide bonds. The SMILES string of the molecule is Nc1nnc(-c2ccc3ncn(Cc4ccc5c(c4)OCO5)c3c2)s1. The number of ether oxygens (including phenoxy) is 2. The second kappa shape index (κ2) is 5.45. The first kappa shape index (κ1) is 14.2. The Morgan fingerprint density at radius 2 is 2.00 bits per heavy atom. The molecule has 0 saturated carbocycles. The van der Waals surface area contributed by atoms with Gasteiger partial charge in [0.25, 0.3) is 0 Å². The number of nitrogens with zero attached hydrogens (tertiary/aromatic N) is 4. The Morgan fingerprint density at radius 3 is 2.88 bits per heavy atom. The summed E-state index contributed by atoms with van der Waals surface area (Å²) in [7, 11) is 0. The molecule has 0 aliphatic carbocycles. The van der Waals surface area contributed by atoms with Crippen LogP contribution in [0.15, 0.2) is 42.7 Å². The molecule has 7 nitrogen and oxygen atoms in total. The zero-order valence-electron chi connectivity index (χ0n) is 13.0. The monoisotopic (exact) mass is 351 g/mol. The molecule has 0 unspecified atom stereocenters. The van der Waals surface area contributed by atoms with E-state index in [0.717, 1.165) is 38.7 Å². The van der Waals surface area contributed by atoms with Crippen molar-refractivity contribution in [3.8, 4) is 22.1 Å². The average molecular weight is 351 g/mol. The van der Waals surface area contributed by atoms with Crippen LogP contribution in [0.2, 0.25) is 0 Å². The highest BCUT2D eigenvalue weighted by Gasteiger charge is 2.14. The molecule has 1 aliphatic heterocycles. The summed E-state index contributed by atoms with van der Waals surface area (Å²) >= 11 is 1.37.